The minimum absolute atomic E-state index is 0.124. The van der Waals surface area contributed by atoms with Crippen LogP contribution in [0, 0.1) is 3.57 Å². The largest absolute Gasteiger partial charge is 0.375 e. The molecule has 0 aromatic carbocycles. The van der Waals surface area contributed by atoms with Crippen molar-refractivity contribution in [3.8, 4) is 0 Å². The summed E-state index contributed by atoms with van der Waals surface area (Å²) in [5.74, 6) is 0.484. The lowest BCUT2D eigenvalue weighted by molar-refractivity contribution is 0.0182. The molecule has 0 aliphatic rings. The smallest absolute Gasteiger partial charge is 0.264 e. The lowest BCUT2D eigenvalue weighted by atomic mass is 10.2. The van der Waals surface area contributed by atoms with Crippen LogP contribution in [0.3, 0.4) is 0 Å². The second-order valence-electron chi connectivity index (χ2n) is 3.74. The Morgan fingerprint density at radius 1 is 1.44 bits per heavy atom. The van der Waals surface area contributed by atoms with Crippen molar-refractivity contribution < 1.29 is 13.5 Å². The lowest BCUT2D eigenvalue weighted by Gasteiger charge is -2.06. The zero-order valence-corrected chi connectivity index (χ0v) is 12.2. The molecule has 0 amide bonds. The first-order valence-corrected chi connectivity index (χ1v) is 6.76. The maximum Gasteiger partial charge on any atom is 0.264 e. The number of nitrogens with zero attached hydrogens (tertiary/aromatic N) is 1. The summed E-state index contributed by atoms with van der Waals surface area (Å²) in [5, 5.41) is 0. The quantitative estimate of drug-likeness (QED) is 0.590. The maximum absolute atomic E-state index is 11.8. The number of halogens is 3. The highest BCUT2D eigenvalue weighted by molar-refractivity contribution is 14.1. The number of H-pyrrole nitrogens is 1. The van der Waals surface area contributed by atoms with Crippen molar-refractivity contribution in [3.63, 3.8) is 0 Å². The van der Waals surface area contributed by atoms with E-state index in [0.29, 0.717) is 15.8 Å². The molecular formula is C11H15F2IN2O2. The van der Waals surface area contributed by atoms with E-state index in [0.717, 1.165) is 18.5 Å². The lowest BCUT2D eigenvalue weighted by Crippen LogP contribution is -2.19. The molecule has 1 N–H and O–H groups in total. The summed E-state index contributed by atoms with van der Waals surface area (Å²) in [6.07, 6.45) is -0.513. The maximum atomic E-state index is 11.8. The van der Waals surface area contributed by atoms with E-state index in [1.165, 1.54) is 0 Å². The second kappa shape index (κ2) is 7.78. The number of ether oxygens (including phenoxy) is 1. The summed E-state index contributed by atoms with van der Waals surface area (Å²) in [6, 6.07) is 0. The molecule has 1 aromatic heterocycles. The van der Waals surface area contributed by atoms with E-state index < -0.39 is 13.0 Å². The van der Waals surface area contributed by atoms with E-state index in [9.17, 15) is 13.6 Å². The summed E-state index contributed by atoms with van der Waals surface area (Å²) in [7, 11) is 0. The van der Waals surface area contributed by atoms with Crippen LogP contribution in [-0.2, 0) is 17.6 Å². The van der Waals surface area contributed by atoms with Crippen LogP contribution in [0.5, 0.6) is 0 Å². The normalized spacial score (nSPS) is 11.2. The molecule has 1 aromatic rings. The van der Waals surface area contributed by atoms with Crippen LogP contribution in [0.25, 0.3) is 0 Å². The van der Waals surface area contributed by atoms with Crippen LogP contribution in [0.1, 0.15) is 24.9 Å². The summed E-state index contributed by atoms with van der Waals surface area (Å²) in [5.41, 5.74) is 0.573. The van der Waals surface area contributed by atoms with E-state index in [2.05, 4.69) is 9.97 Å². The van der Waals surface area contributed by atoms with E-state index in [4.69, 9.17) is 4.74 Å². The van der Waals surface area contributed by atoms with Gasteiger partial charge in [0.15, 0.2) is 0 Å². The first kappa shape index (κ1) is 15.5. The SMILES string of the molecule is CCCc1nc(CCOCC(F)F)[nH]c(=O)c1I. The highest BCUT2D eigenvalue weighted by atomic mass is 127. The van der Waals surface area contributed by atoms with Crippen molar-refractivity contribution in [3.05, 3.63) is 25.4 Å². The summed E-state index contributed by atoms with van der Waals surface area (Å²) in [4.78, 5) is 18.5. The Balaban J connectivity index is 2.63. The van der Waals surface area contributed by atoms with E-state index in [-0.39, 0.29) is 12.2 Å². The molecule has 1 rings (SSSR count). The van der Waals surface area contributed by atoms with Gasteiger partial charge in [0, 0.05) is 6.42 Å². The standard InChI is InChI=1S/C11H15F2IN2O2/c1-2-3-7-10(14)11(17)16-9(15-7)4-5-18-6-8(12)13/h8H,2-6H2,1H3,(H,15,16,17). The number of aryl methyl sites for hydroxylation is 1. The van der Waals surface area contributed by atoms with Gasteiger partial charge in [0.1, 0.15) is 12.4 Å². The molecule has 4 nitrogen and oxygen atoms in total. The number of alkyl halides is 2. The molecule has 0 saturated heterocycles. The van der Waals surface area contributed by atoms with Crippen molar-refractivity contribution in [1.29, 1.82) is 0 Å². The molecule has 0 bridgehead atoms. The minimum atomic E-state index is -2.47. The molecule has 0 radical (unpaired) electrons. The van der Waals surface area contributed by atoms with E-state index >= 15 is 0 Å². The van der Waals surface area contributed by atoms with Gasteiger partial charge in [-0.15, -0.1) is 0 Å². The van der Waals surface area contributed by atoms with Crippen molar-refractivity contribution in [2.45, 2.75) is 32.6 Å². The predicted molar refractivity (Wildman–Crippen MR) is 72.1 cm³/mol. The minimum Gasteiger partial charge on any atom is -0.375 e. The van der Waals surface area contributed by atoms with Gasteiger partial charge in [-0.25, -0.2) is 13.8 Å². The van der Waals surface area contributed by atoms with Gasteiger partial charge in [-0.3, -0.25) is 4.79 Å². The molecule has 0 spiro atoms. The highest BCUT2D eigenvalue weighted by Gasteiger charge is 2.08. The third kappa shape index (κ3) is 4.97. The molecule has 0 aliphatic carbocycles. The first-order valence-electron chi connectivity index (χ1n) is 5.68. The Morgan fingerprint density at radius 2 is 2.17 bits per heavy atom. The molecule has 7 heteroatoms. The fourth-order valence-electron chi connectivity index (χ4n) is 1.42. The van der Waals surface area contributed by atoms with Crippen molar-refractivity contribution >= 4 is 22.6 Å². The fraction of sp³-hybridized carbons (Fsp3) is 0.636. The third-order valence-electron chi connectivity index (χ3n) is 2.19. The number of hydrogen-bond donors (Lipinski definition) is 1. The molecular weight excluding hydrogens is 357 g/mol. The molecule has 0 saturated carbocycles. The fourth-order valence-corrected chi connectivity index (χ4v) is 1.94. The Hall–Kier alpha value is -0.570. The van der Waals surface area contributed by atoms with Gasteiger partial charge in [0.25, 0.3) is 12.0 Å². The van der Waals surface area contributed by atoms with Gasteiger partial charge < -0.3 is 9.72 Å². The van der Waals surface area contributed by atoms with Gasteiger partial charge in [0.05, 0.1) is 15.9 Å². The van der Waals surface area contributed by atoms with E-state index in [1.807, 2.05) is 29.5 Å². The number of nitrogens with one attached hydrogen (secondary N) is 1. The summed E-state index contributed by atoms with van der Waals surface area (Å²) in [6.45, 7) is 1.54. The average Bonchev–Trinajstić information content (AvgIpc) is 2.31. The van der Waals surface area contributed by atoms with Crippen LogP contribution < -0.4 is 5.56 Å². The Morgan fingerprint density at radius 3 is 2.78 bits per heavy atom. The molecule has 1 heterocycles. The number of aromatic amines is 1. The van der Waals surface area contributed by atoms with Crippen molar-refractivity contribution in [2.24, 2.45) is 0 Å². The molecule has 102 valence electrons. The molecule has 0 atom stereocenters. The third-order valence-corrected chi connectivity index (χ3v) is 3.31. The topological polar surface area (TPSA) is 55.0 Å². The molecule has 0 unspecified atom stereocenters. The van der Waals surface area contributed by atoms with Crippen molar-refractivity contribution in [1.82, 2.24) is 9.97 Å². The summed E-state index contributed by atoms with van der Waals surface area (Å²) >= 11 is 1.96. The molecule has 0 aliphatic heterocycles. The van der Waals surface area contributed by atoms with Crippen LogP contribution in [0.2, 0.25) is 0 Å². The van der Waals surface area contributed by atoms with Crippen LogP contribution in [0.4, 0.5) is 8.78 Å². The summed E-state index contributed by atoms with van der Waals surface area (Å²) < 4.78 is 29.0. The zero-order chi connectivity index (χ0) is 13.5. The monoisotopic (exact) mass is 372 g/mol. The first-order chi connectivity index (χ1) is 8.54. The Labute approximate surface area is 117 Å². The molecule has 0 fully saturated rings. The Kier molecular flexibility index (Phi) is 6.69. The van der Waals surface area contributed by atoms with Gasteiger partial charge in [-0.05, 0) is 29.0 Å². The zero-order valence-electron chi connectivity index (χ0n) is 10.0. The second-order valence-corrected chi connectivity index (χ2v) is 4.82. The molecule has 18 heavy (non-hydrogen) atoms. The predicted octanol–water partition coefficient (Wildman–Crippen LogP) is 2.15. The number of rotatable bonds is 7. The van der Waals surface area contributed by atoms with Gasteiger partial charge in [-0.2, -0.15) is 0 Å². The average molecular weight is 372 g/mol. The van der Waals surface area contributed by atoms with E-state index in [1.54, 1.807) is 0 Å². The van der Waals surface area contributed by atoms with Crippen LogP contribution >= 0.6 is 22.6 Å². The van der Waals surface area contributed by atoms with Crippen molar-refractivity contribution in [2.75, 3.05) is 13.2 Å². The van der Waals surface area contributed by atoms with Gasteiger partial charge >= 0.3 is 0 Å². The number of aromatic nitrogens is 2. The van der Waals surface area contributed by atoms with Crippen LogP contribution in [0.15, 0.2) is 4.79 Å². The number of hydrogen-bond acceptors (Lipinski definition) is 3. The Bertz CT molecular complexity index is 438. The van der Waals surface area contributed by atoms with Gasteiger partial charge in [0.2, 0.25) is 0 Å². The van der Waals surface area contributed by atoms with Gasteiger partial charge in [-0.1, -0.05) is 13.3 Å². The van der Waals surface area contributed by atoms with Crippen LogP contribution in [-0.4, -0.2) is 29.6 Å². The highest BCUT2D eigenvalue weighted by Crippen LogP contribution is 2.07.